The molecule has 1 saturated carbocycles. The van der Waals surface area contributed by atoms with Crippen LogP contribution in [0.2, 0.25) is 0 Å². The summed E-state index contributed by atoms with van der Waals surface area (Å²) in [6, 6.07) is 2.17. The van der Waals surface area contributed by atoms with Crippen molar-refractivity contribution in [2.24, 2.45) is 10.9 Å². The molecule has 0 spiro atoms. The largest absolute Gasteiger partial charge is 0.450 e. The fourth-order valence-electron chi connectivity index (χ4n) is 2.16. The predicted octanol–water partition coefficient (Wildman–Crippen LogP) is 2.56. The van der Waals surface area contributed by atoms with E-state index in [9.17, 15) is 4.79 Å². The molecule has 23 heavy (non-hydrogen) atoms. The maximum absolute atomic E-state index is 11.6. The molecule has 0 aromatic carbocycles. The van der Waals surface area contributed by atoms with Gasteiger partial charge in [0, 0.05) is 20.1 Å². The molecule has 3 N–H and O–H groups in total. The highest BCUT2D eigenvalue weighted by Crippen LogP contribution is 2.32. The highest BCUT2D eigenvalue weighted by molar-refractivity contribution is 14.0. The normalized spacial score (nSPS) is 15.3. The van der Waals surface area contributed by atoms with E-state index in [1.54, 1.807) is 25.3 Å². The van der Waals surface area contributed by atoms with Crippen LogP contribution in [0, 0.1) is 5.92 Å². The lowest BCUT2D eigenvalue weighted by Crippen LogP contribution is -2.48. The number of hydrogen-bond acceptors (Lipinski definition) is 4. The van der Waals surface area contributed by atoms with Crippen molar-refractivity contribution in [3.8, 4) is 0 Å². The van der Waals surface area contributed by atoms with Gasteiger partial charge in [-0.05, 0) is 48.1 Å². The minimum absolute atomic E-state index is 0. The third-order valence-corrected chi connectivity index (χ3v) is 4.25. The topological polar surface area (TPSA) is 74.8 Å². The zero-order chi connectivity index (χ0) is 15.8. The second kappa shape index (κ2) is 10.7. The third-order valence-electron chi connectivity index (χ3n) is 3.52. The van der Waals surface area contributed by atoms with Gasteiger partial charge in [-0.25, -0.2) is 4.79 Å². The van der Waals surface area contributed by atoms with E-state index in [0.29, 0.717) is 19.1 Å². The first kappa shape index (κ1) is 20.0. The molecule has 1 atom stereocenters. The number of guanidine groups is 1. The lowest BCUT2D eigenvalue weighted by Gasteiger charge is -2.20. The van der Waals surface area contributed by atoms with Crippen molar-refractivity contribution in [2.75, 3.05) is 20.2 Å². The van der Waals surface area contributed by atoms with Crippen LogP contribution in [0.15, 0.2) is 21.8 Å². The summed E-state index contributed by atoms with van der Waals surface area (Å²) in [6.45, 7) is 3.58. The van der Waals surface area contributed by atoms with Gasteiger partial charge in [0.15, 0.2) is 5.96 Å². The van der Waals surface area contributed by atoms with Crippen LogP contribution < -0.4 is 16.0 Å². The summed E-state index contributed by atoms with van der Waals surface area (Å²) in [5.41, 5.74) is 1.23. The number of thiophene rings is 1. The Morgan fingerprint density at radius 2 is 2.26 bits per heavy atom. The number of carbonyl (C=O) groups excluding carboxylic acids is 1. The number of ether oxygens (including phenoxy) is 1. The van der Waals surface area contributed by atoms with Gasteiger partial charge in [-0.15, -0.1) is 24.0 Å². The van der Waals surface area contributed by atoms with Gasteiger partial charge in [-0.3, -0.25) is 4.99 Å². The molecule has 6 nitrogen and oxygen atoms in total. The van der Waals surface area contributed by atoms with Gasteiger partial charge in [0.1, 0.15) is 0 Å². The Labute approximate surface area is 158 Å². The smallest absolute Gasteiger partial charge is 0.407 e. The van der Waals surface area contributed by atoms with E-state index in [-0.39, 0.29) is 36.1 Å². The monoisotopic (exact) mass is 452 g/mol. The van der Waals surface area contributed by atoms with Gasteiger partial charge < -0.3 is 20.7 Å². The predicted molar refractivity (Wildman–Crippen MR) is 105 cm³/mol. The standard InChI is InChI=1S/C15H24N4O2S.HI/c1-3-21-15(20)19-13(12-4-5-12)9-18-14(16-2)17-8-11-6-7-22-10-11;/h6-7,10,12-13H,3-5,8-9H2,1-2H3,(H,19,20)(H2,16,17,18);1H. The highest BCUT2D eigenvalue weighted by atomic mass is 127. The fourth-order valence-corrected chi connectivity index (χ4v) is 2.83. The molecule has 0 saturated heterocycles. The molecule has 2 rings (SSSR count). The maximum atomic E-state index is 11.6. The van der Waals surface area contributed by atoms with Gasteiger partial charge >= 0.3 is 6.09 Å². The molecule has 1 heterocycles. The molecule has 0 aliphatic heterocycles. The number of nitrogens with one attached hydrogen (secondary N) is 3. The number of amides is 1. The zero-order valence-electron chi connectivity index (χ0n) is 13.5. The Hall–Kier alpha value is -1.03. The molecule has 1 fully saturated rings. The van der Waals surface area contributed by atoms with Crippen molar-refractivity contribution >= 4 is 47.4 Å². The minimum Gasteiger partial charge on any atom is -0.450 e. The Bertz CT molecular complexity index is 492. The Balaban J connectivity index is 0.00000264. The molecular weight excluding hydrogens is 427 g/mol. The number of aliphatic imine (C=N–C) groups is 1. The highest BCUT2D eigenvalue weighted by Gasteiger charge is 2.32. The lowest BCUT2D eigenvalue weighted by atomic mass is 10.2. The van der Waals surface area contributed by atoms with E-state index in [1.165, 1.54) is 5.56 Å². The van der Waals surface area contributed by atoms with Crippen LogP contribution in [-0.4, -0.2) is 38.3 Å². The van der Waals surface area contributed by atoms with Crippen molar-refractivity contribution in [1.29, 1.82) is 0 Å². The van der Waals surface area contributed by atoms with Crippen LogP contribution in [0.4, 0.5) is 4.79 Å². The van der Waals surface area contributed by atoms with E-state index in [4.69, 9.17) is 4.74 Å². The number of rotatable bonds is 7. The number of nitrogens with zero attached hydrogens (tertiary/aromatic N) is 1. The fraction of sp³-hybridized carbons (Fsp3) is 0.600. The number of alkyl carbamates (subject to hydrolysis) is 1. The Kier molecular flexibility index (Phi) is 9.30. The molecule has 1 unspecified atom stereocenters. The van der Waals surface area contributed by atoms with Crippen LogP contribution in [-0.2, 0) is 11.3 Å². The zero-order valence-corrected chi connectivity index (χ0v) is 16.6. The van der Waals surface area contributed by atoms with Gasteiger partial charge in [0.25, 0.3) is 0 Å². The molecule has 1 amide bonds. The summed E-state index contributed by atoms with van der Waals surface area (Å²) in [6.07, 6.45) is 1.96. The molecule has 1 aliphatic rings. The average Bonchev–Trinajstić information content (AvgIpc) is 3.23. The quantitative estimate of drug-likeness (QED) is 0.338. The van der Waals surface area contributed by atoms with Crippen molar-refractivity contribution in [3.63, 3.8) is 0 Å². The van der Waals surface area contributed by atoms with Crippen molar-refractivity contribution in [3.05, 3.63) is 22.4 Å². The summed E-state index contributed by atoms with van der Waals surface area (Å²) < 4.78 is 4.96. The first-order valence-corrected chi connectivity index (χ1v) is 8.56. The molecule has 1 aromatic rings. The maximum Gasteiger partial charge on any atom is 0.407 e. The van der Waals surface area contributed by atoms with Gasteiger partial charge in [-0.1, -0.05) is 0 Å². The van der Waals surface area contributed by atoms with E-state index in [2.05, 4.69) is 37.8 Å². The van der Waals surface area contributed by atoms with Crippen molar-refractivity contribution < 1.29 is 9.53 Å². The number of carbonyl (C=O) groups is 1. The average molecular weight is 452 g/mol. The molecule has 0 radical (unpaired) electrons. The second-order valence-electron chi connectivity index (χ2n) is 5.25. The van der Waals surface area contributed by atoms with Crippen LogP contribution in [0.5, 0.6) is 0 Å². The Morgan fingerprint density at radius 1 is 1.48 bits per heavy atom. The van der Waals surface area contributed by atoms with E-state index >= 15 is 0 Å². The number of hydrogen-bond donors (Lipinski definition) is 3. The summed E-state index contributed by atoms with van der Waals surface area (Å²) in [4.78, 5) is 15.8. The summed E-state index contributed by atoms with van der Waals surface area (Å²) in [5.74, 6) is 1.27. The van der Waals surface area contributed by atoms with E-state index < -0.39 is 0 Å². The molecule has 0 bridgehead atoms. The summed E-state index contributed by atoms with van der Waals surface area (Å²) >= 11 is 1.68. The van der Waals surface area contributed by atoms with Crippen LogP contribution in [0.25, 0.3) is 0 Å². The number of halogens is 1. The van der Waals surface area contributed by atoms with Gasteiger partial charge in [0.2, 0.25) is 0 Å². The lowest BCUT2D eigenvalue weighted by molar-refractivity contribution is 0.146. The van der Waals surface area contributed by atoms with Gasteiger partial charge in [0.05, 0.1) is 12.6 Å². The minimum atomic E-state index is -0.345. The molecule has 1 aliphatic carbocycles. The third kappa shape index (κ3) is 7.38. The molecule has 8 heteroatoms. The van der Waals surface area contributed by atoms with E-state index in [1.807, 2.05) is 0 Å². The SMILES string of the molecule is CCOC(=O)NC(CNC(=NC)NCc1ccsc1)C1CC1.I. The molecule has 1 aromatic heterocycles. The van der Waals surface area contributed by atoms with E-state index in [0.717, 1.165) is 25.3 Å². The van der Waals surface area contributed by atoms with Crippen LogP contribution >= 0.6 is 35.3 Å². The van der Waals surface area contributed by atoms with Crippen molar-refractivity contribution in [1.82, 2.24) is 16.0 Å². The Morgan fingerprint density at radius 3 is 2.83 bits per heavy atom. The molecular formula is C15H25IN4O2S. The first-order valence-electron chi connectivity index (χ1n) is 7.61. The van der Waals surface area contributed by atoms with Crippen LogP contribution in [0.1, 0.15) is 25.3 Å². The summed E-state index contributed by atoms with van der Waals surface area (Å²) in [7, 11) is 1.74. The van der Waals surface area contributed by atoms with Crippen molar-refractivity contribution in [2.45, 2.75) is 32.4 Å². The first-order chi connectivity index (χ1) is 10.7. The molecule has 130 valence electrons. The van der Waals surface area contributed by atoms with Crippen LogP contribution in [0.3, 0.4) is 0 Å². The summed E-state index contributed by atoms with van der Waals surface area (Å²) in [5, 5.41) is 13.6. The van der Waals surface area contributed by atoms with Gasteiger partial charge in [-0.2, -0.15) is 11.3 Å². The second-order valence-corrected chi connectivity index (χ2v) is 6.03.